The summed E-state index contributed by atoms with van der Waals surface area (Å²) in [4.78, 5) is 143. The van der Waals surface area contributed by atoms with Gasteiger partial charge in [0.15, 0.2) is 0 Å². The van der Waals surface area contributed by atoms with Crippen molar-refractivity contribution in [3.8, 4) is 0 Å². The summed E-state index contributed by atoms with van der Waals surface area (Å²) in [5.74, 6) is -6.93. The highest BCUT2D eigenvalue weighted by molar-refractivity contribution is 5.98. The standard InChI is InChI=1S/C39H66N12O11/c1-19(30(41)53)42-31(54)20(2)43-34(57)23(5)47-37(60)27(13-9-10-16-40)49-36(59)25(7)46-33(56)22(4)44-32(55)21(3)45-35(58)24(6)48-38(61)28-14-11-18-51(28)39(62)29-15-12-17-50(29)26(8)52/h19-25,27-29H,9-18,40H2,1-8H3,(H2,41,53)(H,42,54)(H,43,57)(H,44,55)(H,45,58)(H,46,56)(H,47,60)(H,48,61)(H,49,59)/t19-,20-,21-,22-,23-,24-,25-,27-,28-,29-/m0/s1. The van der Waals surface area contributed by atoms with Crippen molar-refractivity contribution < 1.29 is 52.7 Å². The summed E-state index contributed by atoms with van der Waals surface area (Å²) in [7, 11) is 0. The Morgan fingerprint density at radius 2 is 0.871 bits per heavy atom. The molecule has 0 saturated carbocycles. The van der Waals surface area contributed by atoms with E-state index in [9.17, 15) is 52.7 Å². The topological polar surface area (TPSA) is 343 Å². The molecule has 23 heteroatoms. The molecular formula is C39H66N12O11. The number of nitrogens with one attached hydrogen (secondary N) is 8. The highest BCUT2D eigenvalue weighted by Gasteiger charge is 2.42. The predicted octanol–water partition coefficient (Wildman–Crippen LogP) is -4.38. The number of unbranched alkanes of at least 4 members (excludes halogenated alkanes) is 1. The van der Waals surface area contributed by atoms with Gasteiger partial charge < -0.3 is 63.8 Å². The Balaban J connectivity index is 1.90. The predicted molar refractivity (Wildman–Crippen MR) is 222 cm³/mol. The summed E-state index contributed by atoms with van der Waals surface area (Å²) in [6.07, 6.45) is 3.22. The van der Waals surface area contributed by atoms with E-state index in [1.165, 1.54) is 65.2 Å². The Morgan fingerprint density at radius 1 is 0.500 bits per heavy atom. The fraction of sp³-hybridized carbons (Fsp3) is 0.718. The summed E-state index contributed by atoms with van der Waals surface area (Å²) in [5.41, 5.74) is 10.7. The second-order valence-electron chi connectivity index (χ2n) is 15.9. The number of likely N-dealkylation sites (tertiary alicyclic amines) is 2. The fourth-order valence-corrected chi connectivity index (χ4v) is 6.73. The number of carbonyl (C=O) groups is 11. The first-order valence-corrected chi connectivity index (χ1v) is 21.0. The molecule has 0 radical (unpaired) electrons. The lowest BCUT2D eigenvalue weighted by Crippen LogP contribution is -2.59. The van der Waals surface area contributed by atoms with E-state index in [1.54, 1.807) is 0 Å². The number of rotatable bonds is 22. The lowest BCUT2D eigenvalue weighted by molar-refractivity contribution is -0.146. The molecular weight excluding hydrogens is 813 g/mol. The van der Waals surface area contributed by atoms with Gasteiger partial charge in [0.25, 0.3) is 0 Å². The lowest BCUT2D eigenvalue weighted by atomic mass is 10.1. The molecule has 0 unspecified atom stereocenters. The number of amides is 11. The monoisotopic (exact) mass is 878 g/mol. The zero-order chi connectivity index (χ0) is 47.0. The molecule has 11 amide bonds. The molecule has 0 aliphatic carbocycles. The van der Waals surface area contributed by atoms with E-state index >= 15 is 0 Å². The number of hydrogen-bond donors (Lipinski definition) is 10. The molecule has 2 aliphatic rings. The SMILES string of the molecule is CC(=O)N1CCC[C@H]1C(=O)N1CCC[C@H]1C(=O)N[C@@H](C)C(=O)N[C@@H](C)C(=O)N[C@@H](C)C(=O)N[C@@H](C)C(=O)N[C@@H](CCCCN)C(=O)N[C@@H](C)C(=O)N[C@@H](C)C(=O)N[C@@H](C)C(N)=O. The first kappa shape index (κ1) is 52.3. The lowest BCUT2D eigenvalue weighted by Gasteiger charge is -2.31. The van der Waals surface area contributed by atoms with Crippen LogP contribution in [0, 0.1) is 0 Å². The van der Waals surface area contributed by atoms with Crippen LogP contribution in [0.5, 0.6) is 0 Å². The van der Waals surface area contributed by atoms with Crippen LogP contribution in [0.15, 0.2) is 0 Å². The third kappa shape index (κ3) is 15.5. The Kier molecular flexibility index (Phi) is 20.7. The Bertz CT molecular complexity index is 1700. The smallest absolute Gasteiger partial charge is 0.246 e. The van der Waals surface area contributed by atoms with E-state index in [2.05, 4.69) is 42.5 Å². The zero-order valence-electron chi connectivity index (χ0n) is 36.9. The van der Waals surface area contributed by atoms with Gasteiger partial charge in [0, 0.05) is 20.0 Å². The molecule has 2 heterocycles. The van der Waals surface area contributed by atoms with E-state index in [-0.39, 0.29) is 18.2 Å². The largest absolute Gasteiger partial charge is 0.368 e. The second-order valence-corrected chi connectivity index (χ2v) is 15.9. The van der Waals surface area contributed by atoms with Crippen LogP contribution in [-0.4, -0.2) is 155 Å². The molecule has 0 aromatic rings. The van der Waals surface area contributed by atoms with E-state index in [0.717, 1.165) is 0 Å². The molecule has 0 aromatic heterocycles. The van der Waals surface area contributed by atoms with E-state index in [1.807, 2.05) is 0 Å². The van der Waals surface area contributed by atoms with Crippen LogP contribution in [0.3, 0.4) is 0 Å². The maximum absolute atomic E-state index is 13.3. The van der Waals surface area contributed by atoms with Crippen molar-refractivity contribution in [2.75, 3.05) is 19.6 Å². The van der Waals surface area contributed by atoms with Crippen LogP contribution in [0.4, 0.5) is 0 Å². The number of hydrogen-bond acceptors (Lipinski definition) is 12. The quantitative estimate of drug-likeness (QED) is 0.0462. The summed E-state index contributed by atoms with van der Waals surface area (Å²) < 4.78 is 0. The summed E-state index contributed by atoms with van der Waals surface area (Å²) in [5, 5.41) is 19.8. The Morgan fingerprint density at radius 3 is 1.29 bits per heavy atom. The first-order chi connectivity index (χ1) is 29.0. The van der Waals surface area contributed by atoms with Crippen molar-refractivity contribution in [3.05, 3.63) is 0 Å². The van der Waals surface area contributed by atoms with Gasteiger partial charge in [0.1, 0.15) is 60.4 Å². The maximum Gasteiger partial charge on any atom is 0.246 e. The van der Waals surface area contributed by atoms with Crippen molar-refractivity contribution in [1.82, 2.24) is 52.3 Å². The fourth-order valence-electron chi connectivity index (χ4n) is 6.73. The highest BCUT2D eigenvalue weighted by Crippen LogP contribution is 2.25. The van der Waals surface area contributed by atoms with Crippen molar-refractivity contribution in [2.24, 2.45) is 11.5 Å². The molecule has 0 spiro atoms. The van der Waals surface area contributed by atoms with Gasteiger partial charge in [-0.15, -0.1) is 0 Å². The highest BCUT2D eigenvalue weighted by atomic mass is 16.2. The molecule has 62 heavy (non-hydrogen) atoms. The second kappa shape index (κ2) is 24.5. The third-order valence-corrected chi connectivity index (χ3v) is 10.7. The van der Waals surface area contributed by atoms with Crippen molar-refractivity contribution >= 4 is 65.0 Å². The third-order valence-electron chi connectivity index (χ3n) is 10.7. The Labute approximate surface area is 361 Å². The number of nitrogens with two attached hydrogens (primary N) is 2. The minimum atomic E-state index is -1.20. The van der Waals surface area contributed by atoms with Crippen LogP contribution < -0.4 is 54.0 Å². The van der Waals surface area contributed by atoms with Gasteiger partial charge in [-0.05, 0) is 100.0 Å². The van der Waals surface area contributed by atoms with Crippen molar-refractivity contribution in [3.63, 3.8) is 0 Å². The van der Waals surface area contributed by atoms with Gasteiger partial charge in [-0.1, -0.05) is 0 Å². The van der Waals surface area contributed by atoms with Crippen LogP contribution in [0.1, 0.15) is 100 Å². The average Bonchev–Trinajstić information content (AvgIpc) is 3.91. The maximum atomic E-state index is 13.3. The van der Waals surface area contributed by atoms with Gasteiger partial charge in [-0.25, -0.2) is 0 Å². The van der Waals surface area contributed by atoms with Gasteiger partial charge in [0.2, 0.25) is 65.0 Å². The summed E-state index contributed by atoms with van der Waals surface area (Å²) >= 11 is 0. The van der Waals surface area contributed by atoms with Crippen molar-refractivity contribution in [1.29, 1.82) is 0 Å². The van der Waals surface area contributed by atoms with Crippen LogP contribution in [0.2, 0.25) is 0 Å². The molecule has 23 nitrogen and oxygen atoms in total. The number of carbonyl (C=O) groups excluding carboxylic acids is 11. The summed E-state index contributed by atoms with van der Waals surface area (Å²) in [6, 6.07) is -10.5. The molecule has 0 aromatic carbocycles. The van der Waals surface area contributed by atoms with Crippen LogP contribution in [-0.2, 0) is 52.7 Å². The van der Waals surface area contributed by atoms with Crippen LogP contribution >= 0.6 is 0 Å². The molecule has 10 atom stereocenters. The molecule has 2 rings (SSSR count). The summed E-state index contributed by atoms with van der Waals surface area (Å²) in [6.45, 7) is 12.1. The van der Waals surface area contributed by atoms with E-state index in [0.29, 0.717) is 58.2 Å². The normalized spacial score (nSPS) is 19.8. The average molecular weight is 879 g/mol. The Hall–Kier alpha value is -5.87. The molecule has 0 bridgehead atoms. The minimum Gasteiger partial charge on any atom is -0.368 e. The van der Waals surface area contributed by atoms with E-state index < -0.39 is 114 Å². The van der Waals surface area contributed by atoms with Gasteiger partial charge in [-0.2, -0.15) is 0 Å². The molecule has 348 valence electrons. The van der Waals surface area contributed by atoms with Gasteiger partial charge in [0.05, 0.1) is 0 Å². The molecule has 12 N–H and O–H groups in total. The van der Waals surface area contributed by atoms with E-state index in [4.69, 9.17) is 11.5 Å². The number of primary amides is 1. The first-order valence-electron chi connectivity index (χ1n) is 21.0. The number of nitrogens with zero attached hydrogens (tertiary/aromatic N) is 2. The van der Waals surface area contributed by atoms with Crippen LogP contribution in [0.25, 0.3) is 0 Å². The minimum absolute atomic E-state index is 0.131. The van der Waals surface area contributed by atoms with Gasteiger partial charge >= 0.3 is 0 Å². The molecule has 2 saturated heterocycles. The van der Waals surface area contributed by atoms with Gasteiger partial charge in [-0.3, -0.25) is 52.7 Å². The van der Waals surface area contributed by atoms with Crippen molar-refractivity contribution in [2.45, 2.75) is 161 Å². The molecule has 2 aliphatic heterocycles. The molecule has 2 fully saturated rings. The zero-order valence-corrected chi connectivity index (χ0v) is 36.9.